The van der Waals surface area contributed by atoms with Crippen molar-refractivity contribution in [3.8, 4) is 0 Å². The van der Waals surface area contributed by atoms with E-state index in [0.717, 1.165) is 0 Å². The van der Waals surface area contributed by atoms with E-state index in [1.165, 1.54) is 20.2 Å². The molecule has 4 heteroatoms. The first-order valence-electron chi connectivity index (χ1n) is 3.48. The maximum Gasteiger partial charge on any atom is 0.0902 e. The fraction of sp³-hybridized carbons (Fsp3) is 0.125. The summed E-state index contributed by atoms with van der Waals surface area (Å²) in [7, 11) is 0. The number of rotatable bonds is 0. The zero-order valence-corrected chi connectivity index (χ0v) is 10.7. The predicted molar refractivity (Wildman–Crippen MR) is 66.6 cm³/mol. The Labute approximate surface area is 98.0 Å². The number of pyridine rings is 1. The molecule has 2 aromatic heterocycles. The van der Waals surface area contributed by atoms with Gasteiger partial charge in [-0.1, -0.05) is 0 Å². The van der Waals surface area contributed by atoms with Crippen LogP contribution in [0.25, 0.3) is 10.9 Å². The van der Waals surface area contributed by atoms with Gasteiger partial charge in [-0.05, 0) is 41.1 Å². The topological polar surface area (TPSA) is 17.8 Å². The van der Waals surface area contributed by atoms with Gasteiger partial charge in [0.2, 0.25) is 0 Å². The fourth-order valence-electron chi connectivity index (χ4n) is 1.24. The Bertz CT molecular complexity index is 434. The summed E-state index contributed by atoms with van der Waals surface area (Å²) in [5, 5.41) is 1.22. The molecule has 0 aliphatic heterocycles. The van der Waals surface area contributed by atoms with Gasteiger partial charge >= 0.3 is 0 Å². The van der Waals surface area contributed by atoms with Gasteiger partial charge in [0.1, 0.15) is 0 Å². The molecule has 0 atom stereocenters. The maximum atomic E-state index is 4.15. The van der Waals surface area contributed by atoms with Crippen molar-refractivity contribution < 1.29 is 0 Å². The zero-order valence-electron chi connectivity index (χ0n) is 6.38. The van der Waals surface area contributed by atoms with E-state index in [4.69, 9.17) is 0 Å². The normalized spacial score (nSPS) is 10.9. The first-order chi connectivity index (χ1) is 5.70. The second-order valence-corrected chi connectivity index (χ2v) is 4.71. The lowest BCUT2D eigenvalue weighted by Gasteiger charge is -1.97. The molecule has 0 saturated carbocycles. The molecule has 0 aliphatic carbocycles. The third kappa shape index (κ3) is 1.24. The summed E-state index contributed by atoms with van der Waals surface area (Å²) in [5.41, 5.74) is 2.50. The van der Waals surface area contributed by atoms with Crippen molar-refractivity contribution >= 4 is 56.4 Å². The number of hydrogen-bond donors (Lipinski definition) is 0. The number of aromatic nitrogens is 2. The molecule has 0 aromatic carbocycles. The van der Waals surface area contributed by atoms with E-state index in [1.807, 2.05) is 12.4 Å². The molecule has 0 bridgehead atoms. The van der Waals surface area contributed by atoms with E-state index in [2.05, 4.69) is 66.2 Å². The van der Waals surface area contributed by atoms with Crippen molar-refractivity contribution in [2.75, 3.05) is 0 Å². The van der Waals surface area contributed by atoms with Crippen LogP contribution >= 0.6 is 45.5 Å². The van der Waals surface area contributed by atoms with Crippen molar-refractivity contribution in [3.05, 3.63) is 27.7 Å². The van der Waals surface area contributed by atoms with Gasteiger partial charge in [-0.2, -0.15) is 0 Å². The number of nitrogens with zero attached hydrogens (tertiary/aromatic N) is 2. The van der Waals surface area contributed by atoms with Crippen LogP contribution in [0.5, 0.6) is 0 Å². The second-order valence-electron chi connectivity index (χ2n) is 2.64. The number of halogens is 2. The lowest BCUT2D eigenvalue weighted by Crippen LogP contribution is -1.84. The van der Waals surface area contributed by atoms with Gasteiger partial charge in [0.15, 0.2) is 0 Å². The number of hydrogen-bond acceptors (Lipinski definition) is 1. The smallest absolute Gasteiger partial charge is 0.0902 e. The summed E-state index contributed by atoms with van der Waals surface area (Å²) in [6.45, 7) is 2.08. The van der Waals surface area contributed by atoms with Gasteiger partial charge in [0.25, 0.3) is 0 Å². The molecule has 0 fully saturated rings. The van der Waals surface area contributed by atoms with Crippen molar-refractivity contribution in [2.45, 2.75) is 6.92 Å². The van der Waals surface area contributed by atoms with Crippen LogP contribution in [0.3, 0.4) is 0 Å². The van der Waals surface area contributed by atoms with Crippen molar-refractivity contribution in [2.24, 2.45) is 0 Å². The average molecular weight is 384 g/mol. The van der Waals surface area contributed by atoms with E-state index in [9.17, 15) is 0 Å². The first kappa shape index (κ1) is 8.74. The van der Waals surface area contributed by atoms with Gasteiger partial charge in [0, 0.05) is 17.8 Å². The monoisotopic (exact) mass is 384 g/mol. The van der Waals surface area contributed by atoms with Crippen molar-refractivity contribution in [3.63, 3.8) is 0 Å². The van der Waals surface area contributed by atoms with Gasteiger partial charge < -0.3 is 0 Å². The summed E-state index contributed by atoms with van der Waals surface area (Å²) >= 11 is 4.63. The average Bonchev–Trinajstić information content (AvgIpc) is 2.29. The van der Waals surface area contributed by atoms with Crippen molar-refractivity contribution in [1.29, 1.82) is 0 Å². The molecular weight excluding hydrogens is 378 g/mol. The van der Waals surface area contributed by atoms with Crippen LogP contribution in [-0.4, -0.2) is 7.76 Å². The van der Waals surface area contributed by atoms with Crippen LogP contribution in [0.2, 0.25) is 0 Å². The van der Waals surface area contributed by atoms with Crippen LogP contribution in [0.15, 0.2) is 18.5 Å². The van der Waals surface area contributed by atoms with Crippen LogP contribution in [0.4, 0.5) is 0 Å². The van der Waals surface area contributed by atoms with Crippen molar-refractivity contribution in [1.82, 2.24) is 7.76 Å². The number of aryl methyl sites for hydroxylation is 1. The standard InChI is InChI=1S/C8H6I2N2/c1-5-3-11-4-6-2-7(9)12(10)8(5)6/h2-4H,1H3. The Morgan fingerprint density at radius 3 is 2.83 bits per heavy atom. The van der Waals surface area contributed by atoms with Gasteiger partial charge in [-0.25, -0.2) is 0 Å². The highest BCUT2D eigenvalue weighted by molar-refractivity contribution is 14.1. The summed E-state index contributed by atoms with van der Waals surface area (Å²) < 4.78 is 3.39. The molecule has 2 heterocycles. The van der Waals surface area contributed by atoms with E-state index >= 15 is 0 Å². The summed E-state index contributed by atoms with van der Waals surface area (Å²) in [6.07, 6.45) is 3.80. The molecule has 2 nitrogen and oxygen atoms in total. The highest BCUT2D eigenvalue weighted by Crippen LogP contribution is 2.25. The molecule has 2 aromatic rings. The molecule has 0 spiro atoms. The molecule has 62 valence electrons. The van der Waals surface area contributed by atoms with E-state index in [-0.39, 0.29) is 0 Å². The molecule has 0 N–H and O–H groups in total. The molecule has 0 amide bonds. The third-order valence-electron chi connectivity index (χ3n) is 1.79. The van der Waals surface area contributed by atoms with Crippen LogP contribution in [-0.2, 0) is 0 Å². The zero-order chi connectivity index (χ0) is 8.72. The molecule has 12 heavy (non-hydrogen) atoms. The maximum absolute atomic E-state index is 4.15. The quantitative estimate of drug-likeness (QED) is 0.639. The summed E-state index contributed by atoms with van der Waals surface area (Å²) in [6, 6.07) is 2.14. The highest BCUT2D eigenvalue weighted by atomic mass is 127. The van der Waals surface area contributed by atoms with Gasteiger partial charge in [0.05, 0.1) is 32.1 Å². The van der Waals surface area contributed by atoms with Gasteiger partial charge in [-0.3, -0.25) is 7.76 Å². The van der Waals surface area contributed by atoms with Crippen LogP contribution in [0.1, 0.15) is 5.56 Å². The largest absolute Gasteiger partial charge is 0.276 e. The Morgan fingerprint density at radius 1 is 1.42 bits per heavy atom. The number of fused-ring (bicyclic) bond motifs is 1. The summed E-state index contributed by atoms with van der Waals surface area (Å²) in [5.74, 6) is 0. The minimum Gasteiger partial charge on any atom is -0.276 e. The minimum absolute atomic E-state index is 1.22. The molecule has 0 saturated heterocycles. The Morgan fingerprint density at radius 2 is 2.17 bits per heavy atom. The Balaban J connectivity index is 2.97. The molecule has 0 aliphatic rings. The molecular formula is C8H6I2N2. The predicted octanol–water partition coefficient (Wildman–Crippen LogP) is 3.15. The summed E-state index contributed by atoms with van der Waals surface area (Å²) in [4.78, 5) is 4.15. The lowest BCUT2D eigenvalue weighted by molar-refractivity contribution is 1.27. The Hall–Kier alpha value is 0.150. The van der Waals surface area contributed by atoms with Crippen LogP contribution in [0, 0.1) is 10.6 Å². The van der Waals surface area contributed by atoms with Gasteiger partial charge in [-0.15, -0.1) is 0 Å². The molecule has 2 rings (SSSR count). The third-order valence-corrected chi connectivity index (χ3v) is 4.51. The molecule has 0 radical (unpaired) electrons. The second kappa shape index (κ2) is 3.13. The minimum atomic E-state index is 1.22. The SMILES string of the molecule is Cc1cncc2cc(I)n(I)c12. The fourth-order valence-corrected chi connectivity index (χ4v) is 2.62. The lowest BCUT2D eigenvalue weighted by atomic mass is 10.2. The van der Waals surface area contributed by atoms with E-state index < -0.39 is 0 Å². The molecule has 0 unspecified atom stereocenters. The first-order valence-corrected chi connectivity index (χ1v) is 5.52. The highest BCUT2D eigenvalue weighted by Gasteiger charge is 2.05. The van der Waals surface area contributed by atoms with Crippen LogP contribution < -0.4 is 0 Å². The van der Waals surface area contributed by atoms with E-state index in [0.29, 0.717) is 0 Å². The Kier molecular flexibility index (Phi) is 2.28. The van der Waals surface area contributed by atoms with E-state index in [1.54, 1.807) is 0 Å².